The molecule has 0 amide bonds. The van der Waals surface area contributed by atoms with E-state index in [-0.39, 0.29) is 0 Å². The number of ether oxygens (including phenoxy) is 1. The van der Waals surface area contributed by atoms with Crippen molar-refractivity contribution in [2.45, 2.75) is 26.9 Å². The lowest BCUT2D eigenvalue weighted by Crippen LogP contribution is -1.97. The van der Waals surface area contributed by atoms with E-state index in [0.29, 0.717) is 5.75 Å². The molecule has 3 heteroatoms. The van der Waals surface area contributed by atoms with Crippen molar-refractivity contribution in [2.24, 2.45) is 0 Å². The van der Waals surface area contributed by atoms with Gasteiger partial charge in [0.25, 0.3) is 0 Å². The first-order chi connectivity index (χ1) is 8.97. The minimum absolute atomic E-state index is 0.561. The lowest BCUT2D eigenvalue weighted by molar-refractivity contribution is 0.195. The Bertz CT molecular complexity index is 591. The Balaban J connectivity index is 2.39. The highest BCUT2D eigenvalue weighted by molar-refractivity contribution is 9.10. The summed E-state index contributed by atoms with van der Waals surface area (Å²) in [5.41, 5.74) is 3.06. The molecule has 2 rings (SSSR count). The van der Waals surface area contributed by atoms with Crippen LogP contribution < -0.4 is 4.74 Å². The van der Waals surface area contributed by atoms with Gasteiger partial charge in [-0.3, -0.25) is 0 Å². The van der Waals surface area contributed by atoms with Crippen LogP contribution in [0, 0.1) is 13.8 Å². The first-order valence-corrected chi connectivity index (χ1v) is 6.99. The summed E-state index contributed by atoms with van der Waals surface area (Å²) in [4.78, 5) is 0. The topological polar surface area (TPSA) is 29.5 Å². The van der Waals surface area contributed by atoms with Crippen LogP contribution in [0.5, 0.6) is 11.5 Å². The molecule has 2 aromatic carbocycles. The van der Waals surface area contributed by atoms with Crippen LogP contribution in [-0.2, 0) is 0 Å². The van der Waals surface area contributed by atoms with E-state index in [4.69, 9.17) is 4.74 Å². The van der Waals surface area contributed by atoms with Gasteiger partial charge in [0.2, 0.25) is 0 Å². The summed E-state index contributed by atoms with van der Waals surface area (Å²) in [6, 6.07) is 11.7. The number of hydrogen-bond acceptors (Lipinski definition) is 2. The molecule has 1 unspecified atom stereocenters. The zero-order chi connectivity index (χ0) is 14.0. The van der Waals surface area contributed by atoms with Crippen molar-refractivity contribution < 1.29 is 9.84 Å². The molecule has 0 bridgehead atoms. The SMILES string of the molecule is Cc1ccc(Oc2cc(Br)ccc2C(C)O)c(C)c1. The Hall–Kier alpha value is -1.32. The zero-order valence-electron chi connectivity index (χ0n) is 11.3. The van der Waals surface area contributed by atoms with Crippen molar-refractivity contribution in [1.82, 2.24) is 0 Å². The van der Waals surface area contributed by atoms with E-state index in [1.165, 1.54) is 5.56 Å². The molecule has 0 aromatic heterocycles. The third-order valence-electron chi connectivity index (χ3n) is 2.98. The summed E-state index contributed by atoms with van der Waals surface area (Å²) in [5, 5.41) is 9.79. The number of benzene rings is 2. The lowest BCUT2D eigenvalue weighted by atomic mass is 10.1. The Morgan fingerprint density at radius 3 is 2.42 bits per heavy atom. The normalized spacial score (nSPS) is 12.3. The van der Waals surface area contributed by atoms with Crippen LogP contribution >= 0.6 is 15.9 Å². The summed E-state index contributed by atoms with van der Waals surface area (Å²) in [5.74, 6) is 1.49. The summed E-state index contributed by atoms with van der Waals surface area (Å²) >= 11 is 3.43. The van der Waals surface area contributed by atoms with Crippen molar-refractivity contribution in [1.29, 1.82) is 0 Å². The number of halogens is 1. The number of aryl methyl sites for hydroxylation is 2. The van der Waals surface area contributed by atoms with Crippen LogP contribution in [0.1, 0.15) is 29.7 Å². The fourth-order valence-electron chi connectivity index (χ4n) is 1.97. The molecule has 19 heavy (non-hydrogen) atoms. The molecule has 0 aliphatic carbocycles. The Kier molecular flexibility index (Phi) is 4.27. The molecule has 0 fully saturated rings. The summed E-state index contributed by atoms with van der Waals surface area (Å²) in [7, 11) is 0. The third kappa shape index (κ3) is 3.37. The van der Waals surface area contributed by atoms with Crippen molar-refractivity contribution in [3.05, 3.63) is 57.6 Å². The van der Waals surface area contributed by atoms with Gasteiger partial charge < -0.3 is 9.84 Å². The standard InChI is InChI=1S/C16H17BrO2/c1-10-4-7-15(11(2)8-10)19-16-9-13(17)5-6-14(16)12(3)18/h4-9,12,18H,1-3H3. The van der Waals surface area contributed by atoms with Gasteiger partial charge in [0, 0.05) is 10.0 Å². The Morgan fingerprint density at radius 2 is 1.79 bits per heavy atom. The maximum Gasteiger partial charge on any atom is 0.134 e. The predicted octanol–water partition coefficient (Wildman–Crippen LogP) is 4.91. The van der Waals surface area contributed by atoms with E-state index in [9.17, 15) is 5.11 Å². The monoisotopic (exact) mass is 320 g/mol. The van der Waals surface area contributed by atoms with Gasteiger partial charge in [-0.2, -0.15) is 0 Å². The fraction of sp³-hybridized carbons (Fsp3) is 0.250. The van der Waals surface area contributed by atoms with E-state index in [1.807, 2.05) is 37.3 Å². The maximum atomic E-state index is 9.79. The molecule has 2 aromatic rings. The van der Waals surface area contributed by atoms with Gasteiger partial charge in [-0.25, -0.2) is 0 Å². The second-order valence-corrected chi connectivity index (χ2v) is 5.64. The molecule has 1 atom stereocenters. The van der Waals surface area contributed by atoms with Crippen molar-refractivity contribution >= 4 is 15.9 Å². The summed E-state index contributed by atoms with van der Waals surface area (Å²) in [6.45, 7) is 5.80. The molecule has 0 aliphatic rings. The second-order valence-electron chi connectivity index (χ2n) is 4.73. The first-order valence-electron chi connectivity index (χ1n) is 6.20. The molecule has 0 saturated heterocycles. The zero-order valence-corrected chi connectivity index (χ0v) is 12.9. The third-order valence-corrected chi connectivity index (χ3v) is 3.47. The van der Waals surface area contributed by atoms with E-state index in [2.05, 4.69) is 28.9 Å². The second kappa shape index (κ2) is 5.76. The van der Waals surface area contributed by atoms with Gasteiger partial charge in [0.05, 0.1) is 6.10 Å². The van der Waals surface area contributed by atoms with Gasteiger partial charge in [-0.1, -0.05) is 39.7 Å². The maximum absolute atomic E-state index is 9.79. The van der Waals surface area contributed by atoms with Crippen molar-refractivity contribution in [2.75, 3.05) is 0 Å². The molecule has 100 valence electrons. The van der Waals surface area contributed by atoms with Gasteiger partial charge >= 0.3 is 0 Å². The largest absolute Gasteiger partial charge is 0.457 e. The van der Waals surface area contributed by atoms with Crippen LogP contribution in [0.3, 0.4) is 0 Å². The molecule has 0 heterocycles. The first kappa shape index (κ1) is 14.1. The van der Waals surface area contributed by atoms with Gasteiger partial charge in [0.1, 0.15) is 11.5 Å². The minimum atomic E-state index is -0.561. The van der Waals surface area contributed by atoms with E-state index < -0.39 is 6.10 Å². The number of aliphatic hydroxyl groups is 1. The Morgan fingerprint density at radius 1 is 1.05 bits per heavy atom. The van der Waals surface area contributed by atoms with Crippen LogP contribution in [0.2, 0.25) is 0 Å². The number of rotatable bonds is 3. The van der Waals surface area contributed by atoms with Crippen molar-refractivity contribution in [3.8, 4) is 11.5 Å². The average Bonchev–Trinajstić information content (AvgIpc) is 2.32. The molecule has 0 saturated carbocycles. The minimum Gasteiger partial charge on any atom is -0.457 e. The van der Waals surface area contributed by atoms with E-state index in [1.54, 1.807) is 6.92 Å². The highest BCUT2D eigenvalue weighted by Gasteiger charge is 2.11. The number of hydrogen-bond donors (Lipinski definition) is 1. The van der Waals surface area contributed by atoms with Crippen LogP contribution in [0.4, 0.5) is 0 Å². The van der Waals surface area contributed by atoms with Crippen LogP contribution in [0.15, 0.2) is 40.9 Å². The van der Waals surface area contributed by atoms with E-state index >= 15 is 0 Å². The predicted molar refractivity (Wildman–Crippen MR) is 80.8 cm³/mol. The van der Waals surface area contributed by atoms with Gasteiger partial charge in [-0.15, -0.1) is 0 Å². The molecule has 0 aliphatic heterocycles. The summed E-state index contributed by atoms with van der Waals surface area (Å²) < 4.78 is 6.87. The molecule has 0 spiro atoms. The van der Waals surface area contributed by atoms with Gasteiger partial charge in [0.15, 0.2) is 0 Å². The number of aliphatic hydroxyl groups excluding tert-OH is 1. The highest BCUT2D eigenvalue weighted by atomic mass is 79.9. The quantitative estimate of drug-likeness (QED) is 0.870. The molecule has 1 N–H and O–H groups in total. The van der Waals surface area contributed by atoms with Crippen LogP contribution in [0.25, 0.3) is 0 Å². The van der Waals surface area contributed by atoms with E-state index in [0.717, 1.165) is 21.3 Å². The Labute approximate surface area is 122 Å². The molecular formula is C16H17BrO2. The highest BCUT2D eigenvalue weighted by Crippen LogP contribution is 2.33. The molecule has 2 nitrogen and oxygen atoms in total. The molecular weight excluding hydrogens is 304 g/mol. The van der Waals surface area contributed by atoms with Crippen molar-refractivity contribution in [3.63, 3.8) is 0 Å². The van der Waals surface area contributed by atoms with Crippen LogP contribution in [-0.4, -0.2) is 5.11 Å². The fourth-order valence-corrected chi connectivity index (χ4v) is 2.31. The summed E-state index contributed by atoms with van der Waals surface area (Å²) in [6.07, 6.45) is -0.561. The average molecular weight is 321 g/mol. The molecule has 0 radical (unpaired) electrons. The van der Waals surface area contributed by atoms with Gasteiger partial charge in [-0.05, 0) is 44.5 Å². The smallest absolute Gasteiger partial charge is 0.134 e. The lowest BCUT2D eigenvalue weighted by Gasteiger charge is -2.15.